The van der Waals surface area contributed by atoms with Crippen molar-refractivity contribution in [2.24, 2.45) is 0 Å². The quantitative estimate of drug-likeness (QED) is 0.0845. The molecule has 10 nitrogen and oxygen atoms in total. The molecule has 1 N–H and O–H groups in total. The number of hydrogen-bond acceptors (Lipinski definition) is 9. The monoisotopic (exact) mass is 862 g/mol. The van der Waals surface area contributed by atoms with E-state index in [0.717, 1.165) is 45.4 Å². The average Bonchev–Trinajstić information content (AvgIpc) is 3.95. The van der Waals surface area contributed by atoms with Crippen molar-refractivity contribution in [2.45, 2.75) is 61.6 Å². The molecule has 2 fully saturated rings. The Balaban J connectivity index is 1.09. The number of nitrogens with one attached hydrogen (secondary N) is 1. The number of aromatic nitrogens is 3. The number of rotatable bonds is 14. The second kappa shape index (κ2) is 16.9. The van der Waals surface area contributed by atoms with E-state index in [1.807, 2.05) is 142 Å². The van der Waals surface area contributed by atoms with Crippen LogP contribution in [0.1, 0.15) is 76.3 Å². The van der Waals surface area contributed by atoms with Crippen LogP contribution in [0.5, 0.6) is 5.75 Å². The van der Waals surface area contributed by atoms with Gasteiger partial charge in [0, 0.05) is 5.56 Å². The van der Waals surface area contributed by atoms with E-state index in [0.29, 0.717) is 22.6 Å². The Morgan fingerprint density at radius 1 is 0.692 bits per heavy atom. The number of carbonyl (C=O) groups excluding carboxylic acids is 1. The number of aldehydes is 1. The molecule has 2 aromatic heterocycles. The molecule has 0 aliphatic carbocycles. The summed E-state index contributed by atoms with van der Waals surface area (Å²) in [7, 11) is 1.65. The Labute approximate surface area is 378 Å². The minimum Gasteiger partial charge on any atom is -0.497 e. The average molecular weight is 863 g/mol. The molecule has 65 heavy (non-hydrogen) atoms. The van der Waals surface area contributed by atoms with Crippen LogP contribution in [-0.4, -0.2) is 58.2 Å². The summed E-state index contributed by atoms with van der Waals surface area (Å²) >= 11 is 0. The summed E-state index contributed by atoms with van der Waals surface area (Å²) in [5.41, 5.74) is 4.24. The van der Waals surface area contributed by atoms with Crippen LogP contribution >= 0.6 is 0 Å². The zero-order valence-corrected chi connectivity index (χ0v) is 36.7. The minimum atomic E-state index is -1.03. The highest BCUT2D eigenvalue weighted by molar-refractivity contribution is 5.92. The molecule has 0 amide bonds. The van der Waals surface area contributed by atoms with Crippen LogP contribution in [-0.2, 0) is 30.1 Å². The summed E-state index contributed by atoms with van der Waals surface area (Å²) in [4.78, 5) is 18.2. The number of ether oxygens (including phenoxy) is 5. The minimum absolute atomic E-state index is 0.138. The van der Waals surface area contributed by atoms with Gasteiger partial charge in [0.15, 0.2) is 17.9 Å². The second-order valence-corrected chi connectivity index (χ2v) is 17.2. The first-order chi connectivity index (χ1) is 31.7. The number of anilines is 1. The van der Waals surface area contributed by atoms with Gasteiger partial charge < -0.3 is 29.0 Å². The third-order valence-electron chi connectivity index (χ3n) is 12.9. The highest BCUT2D eigenvalue weighted by atomic mass is 16.8. The third kappa shape index (κ3) is 7.19. The SMILES string of the molecule is COc1ccc(C(Nc2ncnn3c([C@@H]4O[C@H](COC(c5ccccc5)(c5ccccc5)c5ccccc5)[C@H]5OC(C)(C)O[C@]54C)cc(C=O)c23)(c2ccccc2)c2ccccc2)cc1. The zero-order chi connectivity index (χ0) is 44.7. The van der Waals surface area contributed by atoms with Gasteiger partial charge in [0.05, 0.1) is 19.4 Å². The van der Waals surface area contributed by atoms with Crippen LogP contribution in [0.25, 0.3) is 5.52 Å². The maximum atomic E-state index is 13.3. The first-order valence-electron chi connectivity index (χ1n) is 21.9. The predicted molar refractivity (Wildman–Crippen MR) is 249 cm³/mol. The molecule has 0 bridgehead atoms. The molecular formula is C55H50N4O6. The van der Waals surface area contributed by atoms with E-state index < -0.39 is 40.8 Å². The smallest absolute Gasteiger partial charge is 0.164 e. The van der Waals surface area contributed by atoms with Crippen molar-refractivity contribution >= 4 is 17.6 Å². The van der Waals surface area contributed by atoms with Crippen LogP contribution in [0, 0.1) is 0 Å². The first-order valence-corrected chi connectivity index (χ1v) is 21.9. The maximum Gasteiger partial charge on any atom is 0.164 e. The van der Waals surface area contributed by atoms with Crippen molar-refractivity contribution in [3.05, 3.63) is 233 Å². The van der Waals surface area contributed by atoms with Crippen LogP contribution in [0.4, 0.5) is 5.82 Å². The Morgan fingerprint density at radius 2 is 1.18 bits per heavy atom. The van der Waals surface area contributed by atoms with Gasteiger partial charge >= 0.3 is 0 Å². The lowest BCUT2D eigenvalue weighted by Crippen LogP contribution is -2.43. The molecule has 0 radical (unpaired) electrons. The van der Waals surface area contributed by atoms with Crippen molar-refractivity contribution in [1.82, 2.24) is 14.6 Å². The summed E-state index contributed by atoms with van der Waals surface area (Å²) in [5.74, 6) is 0.214. The molecule has 6 aromatic carbocycles. The second-order valence-electron chi connectivity index (χ2n) is 17.2. The largest absolute Gasteiger partial charge is 0.497 e. The molecule has 10 rings (SSSR count). The van der Waals surface area contributed by atoms with Gasteiger partial charge in [-0.25, -0.2) is 9.50 Å². The molecule has 2 saturated heterocycles. The number of carbonyl (C=O) groups is 1. The van der Waals surface area contributed by atoms with Gasteiger partial charge in [-0.05, 0) is 72.4 Å². The normalized spacial score (nSPS) is 20.3. The van der Waals surface area contributed by atoms with Crippen LogP contribution in [0.15, 0.2) is 188 Å². The number of fused-ring (bicyclic) bond motifs is 2. The predicted octanol–water partition coefficient (Wildman–Crippen LogP) is 10.3. The van der Waals surface area contributed by atoms with Crippen molar-refractivity contribution in [2.75, 3.05) is 19.0 Å². The number of methoxy groups -OCH3 is 1. The zero-order valence-electron chi connectivity index (χ0n) is 36.7. The van der Waals surface area contributed by atoms with Crippen molar-refractivity contribution in [3.8, 4) is 5.75 Å². The number of hydrogen-bond donors (Lipinski definition) is 1. The fourth-order valence-electron chi connectivity index (χ4n) is 10.1. The standard InChI is InChI=1S/C55H50N4O6/c1-52(2)64-50-47(36-62-55(42-24-14-7-15-25-42,43-26-16-8-17-27-43)44-28-18-9-19-29-44)63-49(53(50,3)65-52)46-34-38(35-60)48-51(56-37-57-59(46)48)58-54(39-20-10-5-11-21-39,40-22-12-6-13-23-40)41-30-32-45(61-4)33-31-41/h5-35,37,47,49-50H,36H2,1-4H3,(H,56,57,58)/t47-,49+,50-,53+/m1/s1. The van der Waals surface area contributed by atoms with E-state index >= 15 is 0 Å². The van der Waals surface area contributed by atoms with E-state index in [4.69, 9.17) is 33.8 Å². The summed E-state index contributed by atoms with van der Waals surface area (Å²) < 4.78 is 35.4. The van der Waals surface area contributed by atoms with E-state index in [1.165, 1.54) is 6.33 Å². The Hall–Kier alpha value is -6.95. The topological polar surface area (TPSA) is 105 Å². The number of benzene rings is 6. The highest BCUT2D eigenvalue weighted by Crippen LogP contribution is 2.54. The van der Waals surface area contributed by atoms with Crippen molar-refractivity contribution in [1.29, 1.82) is 0 Å². The maximum absolute atomic E-state index is 13.3. The Morgan fingerprint density at radius 3 is 1.68 bits per heavy atom. The van der Waals surface area contributed by atoms with E-state index in [2.05, 4.69) is 66.0 Å². The van der Waals surface area contributed by atoms with E-state index in [-0.39, 0.29) is 6.61 Å². The summed E-state index contributed by atoms with van der Waals surface area (Å²) in [5, 5.41) is 8.69. The Bertz CT molecular complexity index is 2760. The van der Waals surface area contributed by atoms with Gasteiger partial charge in [-0.1, -0.05) is 164 Å². The molecule has 2 aliphatic heterocycles. The fraction of sp³-hybridized carbons (Fsp3) is 0.218. The van der Waals surface area contributed by atoms with E-state index in [1.54, 1.807) is 11.6 Å². The molecular weight excluding hydrogens is 813 g/mol. The van der Waals surface area contributed by atoms with Crippen LogP contribution in [0.3, 0.4) is 0 Å². The Kier molecular flexibility index (Phi) is 10.9. The van der Waals surface area contributed by atoms with Gasteiger partial charge in [0.1, 0.15) is 52.6 Å². The molecule has 0 spiro atoms. The van der Waals surface area contributed by atoms with Gasteiger partial charge in [0.25, 0.3) is 0 Å². The first kappa shape index (κ1) is 42.0. The fourth-order valence-corrected chi connectivity index (χ4v) is 10.1. The lowest BCUT2D eigenvalue weighted by atomic mass is 9.77. The highest BCUT2D eigenvalue weighted by Gasteiger charge is 2.65. The van der Waals surface area contributed by atoms with Gasteiger partial charge in [-0.3, -0.25) is 4.79 Å². The van der Waals surface area contributed by atoms with Gasteiger partial charge in [0.2, 0.25) is 0 Å². The van der Waals surface area contributed by atoms with Crippen molar-refractivity contribution in [3.63, 3.8) is 0 Å². The van der Waals surface area contributed by atoms with Crippen LogP contribution in [0.2, 0.25) is 0 Å². The summed E-state index contributed by atoms with van der Waals surface area (Å²) in [6, 6.07) is 61.0. The summed E-state index contributed by atoms with van der Waals surface area (Å²) in [6.07, 6.45) is 0.423. The third-order valence-corrected chi connectivity index (χ3v) is 12.9. The van der Waals surface area contributed by atoms with Crippen LogP contribution < -0.4 is 10.1 Å². The lowest BCUT2D eigenvalue weighted by molar-refractivity contribution is -0.210. The van der Waals surface area contributed by atoms with Crippen molar-refractivity contribution < 1.29 is 28.5 Å². The molecule has 0 unspecified atom stereocenters. The number of nitrogens with zero attached hydrogens (tertiary/aromatic N) is 3. The molecule has 8 aromatic rings. The van der Waals surface area contributed by atoms with Gasteiger partial charge in [-0.15, -0.1) is 0 Å². The van der Waals surface area contributed by atoms with E-state index in [9.17, 15) is 4.79 Å². The summed E-state index contributed by atoms with van der Waals surface area (Å²) in [6.45, 7) is 5.97. The molecule has 2 aliphatic rings. The molecule has 4 atom stereocenters. The lowest BCUT2D eigenvalue weighted by Gasteiger charge is -2.37. The molecule has 326 valence electrons. The molecule has 4 heterocycles. The molecule has 10 heteroatoms. The molecule has 0 saturated carbocycles. The van der Waals surface area contributed by atoms with Gasteiger partial charge in [-0.2, -0.15) is 5.10 Å².